The molecule has 7 heteroatoms. The Kier molecular flexibility index (Phi) is 8.07. The first-order chi connectivity index (χ1) is 16.1. The minimum Gasteiger partial charge on any atom is -0.385 e. The van der Waals surface area contributed by atoms with Crippen molar-refractivity contribution in [1.29, 1.82) is 0 Å². The SMILES string of the molecule is COCCCNC(=O)[C@H]1C[C@@H](C(=O)Nc2ccc3c(c2)CCC3)CN(Cc2ccncc2)C1. The van der Waals surface area contributed by atoms with Gasteiger partial charge in [-0.15, -0.1) is 0 Å². The first kappa shape index (κ1) is 23.4. The number of carbonyl (C=O) groups excluding carboxylic acids is 2. The van der Waals surface area contributed by atoms with Gasteiger partial charge in [-0.1, -0.05) is 6.07 Å². The summed E-state index contributed by atoms with van der Waals surface area (Å²) in [5.74, 6) is -0.465. The van der Waals surface area contributed by atoms with Crippen LogP contribution in [-0.4, -0.2) is 55.0 Å². The van der Waals surface area contributed by atoms with Gasteiger partial charge in [-0.25, -0.2) is 0 Å². The summed E-state index contributed by atoms with van der Waals surface area (Å²) in [6.07, 6.45) is 8.26. The smallest absolute Gasteiger partial charge is 0.228 e. The molecular formula is C26H34N4O3. The van der Waals surface area contributed by atoms with Gasteiger partial charge in [0, 0.05) is 58.0 Å². The summed E-state index contributed by atoms with van der Waals surface area (Å²) in [4.78, 5) is 32.4. The number of carbonyl (C=O) groups is 2. The van der Waals surface area contributed by atoms with E-state index in [0.29, 0.717) is 39.2 Å². The van der Waals surface area contributed by atoms with Gasteiger partial charge in [-0.3, -0.25) is 19.5 Å². The van der Waals surface area contributed by atoms with Crippen molar-refractivity contribution in [3.05, 3.63) is 59.4 Å². The van der Waals surface area contributed by atoms with Gasteiger partial charge in [0.2, 0.25) is 11.8 Å². The fourth-order valence-corrected chi connectivity index (χ4v) is 4.91. The van der Waals surface area contributed by atoms with Crippen LogP contribution in [0, 0.1) is 11.8 Å². The van der Waals surface area contributed by atoms with E-state index in [4.69, 9.17) is 4.74 Å². The lowest BCUT2D eigenvalue weighted by molar-refractivity contribution is -0.130. The molecule has 2 N–H and O–H groups in total. The number of benzene rings is 1. The molecule has 0 saturated carbocycles. The van der Waals surface area contributed by atoms with Crippen LogP contribution in [-0.2, 0) is 33.7 Å². The number of piperidine rings is 1. The van der Waals surface area contributed by atoms with Crippen LogP contribution in [0.4, 0.5) is 5.69 Å². The largest absolute Gasteiger partial charge is 0.385 e. The molecule has 176 valence electrons. The zero-order chi connectivity index (χ0) is 23.0. The van der Waals surface area contributed by atoms with Crippen LogP contribution in [0.3, 0.4) is 0 Å². The number of aromatic nitrogens is 1. The van der Waals surface area contributed by atoms with Gasteiger partial charge in [0.15, 0.2) is 0 Å². The molecule has 0 bridgehead atoms. The summed E-state index contributed by atoms with van der Waals surface area (Å²) in [7, 11) is 1.66. The molecule has 2 atom stereocenters. The molecule has 0 unspecified atom stereocenters. The van der Waals surface area contributed by atoms with Crippen LogP contribution in [0.1, 0.15) is 36.0 Å². The molecule has 1 aromatic carbocycles. The van der Waals surface area contributed by atoms with Gasteiger partial charge in [0.25, 0.3) is 0 Å². The third-order valence-corrected chi connectivity index (χ3v) is 6.61. The molecule has 1 aliphatic carbocycles. The van der Waals surface area contributed by atoms with E-state index in [1.165, 1.54) is 17.5 Å². The highest BCUT2D eigenvalue weighted by Crippen LogP contribution is 2.28. The molecule has 1 fully saturated rings. The van der Waals surface area contributed by atoms with E-state index < -0.39 is 0 Å². The topological polar surface area (TPSA) is 83.6 Å². The number of rotatable bonds is 9. The molecular weight excluding hydrogens is 416 g/mol. The molecule has 7 nitrogen and oxygen atoms in total. The van der Waals surface area contributed by atoms with Crippen molar-refractivity contribution in [2.24, 2.45) is 11.8 Å². The van der Waals surface area contributed by atoms with Gasteiger partial charge in [-0.05, 0) is 73.1 Å². The molecule has 1 aromatic heterocycles. The maximum absolute atomic E-state index is 13.2. The minimum atomic E-state index is -0.247. The highest BCUT2D eigenvalue weighted by Gasteiger charge is 2.35. The Labute approximate surface area is 195 Å². The van der Waals surface area contributed by atoms with Crippen LogP contribution in [0.2, 0.25) is 0 Å². The fraction of sp³-hybridized carbons (Fsp3) is 0.500. The monoisotopic (exact) mass is 450 g/mol. The van der Waals surface area contributed by atoms with Crippen molar-refractivity contribution in [3.8, 4) is 0 Å². The number of hydrogen-bond acceptors (Lipinski definition) is 5. The number of pyridine rings is 1. The average molecular weight is 451 g/mol. The quantitative estimate of drug-likeness (QED) is 0.574. The number of ether oxygens (including phenoxy) is 1. The second kappa shape index (κ2) is 11.4. The van der Waals surface area contributed by atoms with Crippen LogP contribution in [0.25, 0.3) is 0 Å². The number of hydrogen-bond donors (Lipinski definition) is 2. The summed E-state index contributed by atoms with van der Waals surface area (Å²) in [5.41, 5.74) is 4.71. The van der Waals surface area contributed by atoms with Crippen molar-refractivity contribution in [1.82, 2.24) is 15.2 Å². The van der Waals surface area contributed by atoms with Crippen molar-refractivity contribution in [2.45, 2.75) is 38.6 Å². The molecule has 0 spiro atoms. The number of amides is 2. The maximum Gasteiger partial charge on any atom is 0.228 e. The standard InChI is InChI=1S/C26H34N4O3/c1-33-13-3-10-28-25(31)22-14-23(18-30(17-22)16-19-8-11-27-12-9-19)26(32)29-24-7-6-20-4-2-5-21(20)15-24/h6-9,11-12,15,22-23H,2-5,10,13-14,16-18H2,1H3,(H,28,31)(H,29,32)/t22-,23+/m0/s1. The zero-order valence-electron chi connectivity index (χ0n) is 19.4. The third-order valence-electron chi connectivity index (χ3n) is 6.61. The van der Waals surface area contributed by atoms with E-state index in [1.807, 2.05) is 18.2 Å². The summed E-state index contributed by atoms with van der Waals surface area (Å²) in [6.45, 7) is 3.16. The lowest BCUT2D eigenvalue weighted by Gasteiger charge is -2.36. The Balaban J connectivity index is 1.42. The number of aryl methyl sites for hydroxylation is 2. The number of fused-ring (bicyclic) bond motifs is 1. The van der Waals surface area contributed by atoms with E-state index in [9.17, 15) is 9.59 Å². The Morgan fingerprint density at radius 1 is 1.06 bits per heavy atom. The van der Waals surface area contributed by atoms with Gasteiger partial charge in [-0.2, -0.15) is 0 Å². The average Bonchev–Trinajstić information content (AvgIpc) is 3.30. The number of likely N-dealkylation sites (tertiary alicyclic amines) is 1. The Morgan fingerprint density at radius 3 is 2.61 bits per heavy atom. The number of methoxy groups -OCH3 is 1. The summed E-state index contributed by atoms with van der Waals surface area (Å²) < 4.78 is 5.07. The zero-order valence-corrected chi connectivity index (χ0v) is 19.4. The van der Waals surface area contributed by atoms with E-state index in [2.05, 4.69) is 32.7 Å². The predicted molar refractivity (Wildman–Crippen MR) is 128 cm³/mol. The molecule has 1 saturated heterocycles. The van der Waals surface area contributed by atoms with E-state index in [-0.39, 0.29) is 23.7 Å². The van der Waals surface area contributed by atoms with Gasteiger partial charge in [0.05, 0.1) is 11.8 Å². The minimum absolute atomic E-state index is 0.00967. The molecule has 0 radical (unpaired) electrons. The number of nitrogens with zero attached hydrogens (tertiary/aromatic N) is 2. The molecule has 2 aromatic rings. The van der Waals surface area contributed by atoms with Crippen LogP contribution in [0.15, 0.2) is 42.7 Å². The van der Waals surface area contributed by atoms with Crippen molar-refractivity contribution in [3.63, 3.8) is 0 Å². The Morgan fingerprint density at radius 2 is 1.82 bits per heavy atom. The molecule has 1 aliphatic heterocycles. The highest BCUT2D eigenvalue weighted by atomic mass is 16.5. The lowest BCUT2D eigenvalue weighted by Crippen LogP contribution is -2.49. The normalized spacial score (nSPS) is 20.3. The summed E-state index contributed by atoms with van der Waals surface area (Å²) >= 11 is 0. The van der Waals surface area contributed by atoms with E-state index in [0.717, 1.165) is 30.5 Å². The molecule has 2 amide bonds. The van der Waals surface area contributed by atoms with Gasteiger partial charge in [0.1, 0.15) is 0 Å². The second-order valence-corrected chi connectivity index (χ2v) is 9.14. The summed E-state index contributed by atoms with van der Waals surface area (Å²) in [6, 6.07) is 10.2. The number of nitrogens with one attached hydrogen (secondary N) is 2. The number of anilines is 1. The molecule has 2 heterocycles. The highest BCUT2D eigenvalue weighted by molar-refractivity contribution is 5.93. The van der Waals surface area contributed by atoms with E-state index >= 15 is 0 Å². The fourth-order valence-electron chi connectivity index (χ4n) is 4.91. The molecule has 4 rings (SSSR count). The first-order valence-corrected chi connectivity index (χ1v) is 11.9. The predicted octanol–water partition coefficient (Wildman–Crippen LogP) is 2.80. The Bertz CT molecular complexity index is 950. The van der Waals surface area contributed by atoms with Crippen molar-refractivity contribution >= 4 is 17.5 Å². The maximum atomic E-state index is 13.2. The summed E-state index contributed by atoms with van der Waals surface area (Å²) in [5, 5.41) is 6.14. The third kappa shape index (κ3) is 6.39. The van der Waals surface area contributed by atoms with E-state index in [1.54, 1.807) is 19.5 Å². The first-order valence-electron chi connectivity index (χ1n) is 11.9. The van der Waals surface area contributed by atoms with Crippen LogP contribution < -0.4 is 10.6 Å². The molecule has 2 aliphatic rings. The molecule has 33 heavy (non-hydrogen) atoms. The van der Waals surface area contributed by atoms with Crippen LogP contribution in [0.5, 0.6) is 0 Å². The van der Waals surface area contributed by atoms with Crippen LogP contribution >= 0.6 is 0 Å². The van der Waals surface area contributed by atoms with Gasteiger partial charge < -0.3 is 15.4 Å². The lowest BCUT2D eigenvalue weighted by atomic mass is 9.87. The Hall–Kier alpha value is -2.77. The van der Waals surface area contributed by atoms with Crippen molar-refractivity contribution < 1.29 is 14.3 Å². The van der Waals surface area contributed by atoms with Gasteiger partial charge >= 0.3 is 0 Å². The van der Waals surface area contributed by atoms with Crippen molar-refractivity contribution in [2.75, 3.05) is 38.7 Å². The second-order valence-electron chi connectivity index (χ2n) is 9.14.